The first-order valence-corrected chi connectivity index (χ1v) is 7.99. The normalized spacial score (nSPS) is 18.8. The van der Waals surface area contributed by atoms with E-state index in [1.807, 2.05) is 86.8 Å². The molecule has 0 aromatic carbocycles. The largest absolute Gasteiger partial charge is 0.393 e. The highest BCUT2D eigenvalue weighted by Gasteiger charge is 2.22. The zero-order chi connectivity index (χ0) is 17.5. The van der Waals surface area contributed by atoms with Crippen LogP contribution in [0.5, 0.6) is 0 Å². The van der Waals surface area contributed by atoms with Crippen LogP contribution in [0.1, 0.15) is 20.8 Å². The van der Waals surface area contributed by atoms with Crippen LogP contribution < -0.4 is 0 Å². The molecule has 126 valence electrons. The number of allylic oxidation sites excluding steroid dienone is 12. The molecule has 0 aliphatic heterocycles. The van der Waals surface area contributed by atoms with Gasteiger partial charge in [-0.15, -0.1) is 0 Å². The van der Waals surface area contributed by atoms with Crippen LogP contribution in [0.4, 0.5) is 0 Å². The summed E-state index contributed by atoms with van der Waals surface area (Å²) in [6.45, 7) is 9.09. The van der Waals surface area contributed by atoms with Crippen LogP contribution in [0.3, 0.4) is 0 Å². The summed E-state index contributed by atoms with van der Waals surface area (Å²) in [5.41, 5.74) is 0. The third kappa shape index (κ3) is 11.3. The van der Waals surface area contributed by atoms with Gasteiger partial charge in [0.1, 0.15) is 0 Å². The van der Waals surface area contributed by atoms with Crippen molar-refractivity contribution in [3.05, 3.63) is 85.6 Å². The predicted molar refractivity (Wildman–Crippen MR) is 101 cm³/mol. The third-order valence-corrected chi connectivity index (χ3v) is 3.50. The first kappa shape index (κ1) is 21.1. The molecular formula is C21H30O2. The van der Waals surface area contributed by atoms with E-state index >= 15 is 0 Å². The van der Waals surface area contributed by atoms with Gasteiger partial charge in [0.15, 0.2) is 0 Å². The molecule has 23 heavy (non-hydrogen) atoms. The highest BCUT2D eigenvalue weighted by molar-refractivity contribution is 5.20. The maximum atomic E-state index is 10.1. The van der Waals surface area contributed by atoms with Gasteiger partial charge in [-0.3, -0.25) is 0 Å². The molecule has 0 unspecified atom stereocenters. The fourth-order valence-corrected chi connectivity index (χ4v) is 1.77. The molecule has 0 saturated heterocycles. The third-order valence-electron chi connectivity index (χ3n) is 3.50. The summed E-state index contributed by atoms with van der Waals surface area (Å²) in [7, 11) is 0. The van der Waals surface area contributed by atoms with E-state index in [1.165, 1.54) is 0 Å². The molecule has 0 aromatic heterocycles. The standard InChI is InChI=1S/C21H30O2/c1-5-6-7-8-9-10-11-12-13-14-15-16-17-18(2)21(23)19(3)20(4)22/h5-23H,1H2,2-4H3/b7-6+,9-8+,11-10+,13-12+,15-14+,17-16+/t18-,19-,20-,21+/m0/s1. The SMILES string of the molecule is C=C/C=C/C=C/C=C/C=C/C=C/C=C/[C@H](C)[C@@H](O)[C@@H](C)[C@H](C)O. The van der Waals surface area contributed by atoms with Crippen molar-refractivity contribution in [1.29, 1.82) is 0 Å². The molecule has 0 fully saturated rings. The van der Waals surface area contributed by atoms with Crippen LogP contribution >= 0.6 is 0 Å². The maximum absolute atomic E-state index is 10.1. The topological polar surface area (TPSA) is 40.5 Å². The maximum Gasteiger partial charge on any atom is 0.0650 e. The van der Waals surface area contributed by atoms with E-state index in [0.29, 0.717) is 0 Å². The molecule has 0 aromatic rings. The number of rotatable bonds is 10. The molecule has 0 rings (SSSR count). The molecule has 4 atom stereocenters. The van der Waals surface area contributed by atoms with Gasteiger partial charge >= 0.3 is 0 Å². The van der Waals surface area contributed by atoms with Gasteiger partial charge in [-0.05, 0) is 6.92 Å². The quantitative estimate of drug-likeness (QED) is 0.582. The molecular weight excluding hydrogens is 284 g/mol. The fraction of sp³-hybridized carbons (Fsp3) is 0.333. The van der Waals surface area contributed by atoms with Crippen LogP contribution in [0.15, 0.2) is 85.6 Å². The molecule has 0 amide bonds. The Morgan fingerprint density at radius 2 is 1.04 bits per heavy atom. The summed E-state index contributed by atoms with van der Waals surface area (Å²) in [5, 5.41) is 19.5. The first-order chi connectivity index (χ1) is 11.0. The minimum Gasteiger partial charge on any atom is -0.393 e. The van der Waals surface area contributed by atoms with Crippen molar-refractivity contribution in [1.82, 2.24) is 0 Å². The lowest BCUT2D eigenvalue weighted by Gasteiger charge is -2.24. The summed E-state index contributed by atoms with van der Waals surface area (Å²) < 4.78 is 0. The van der Waals surface area contributed by atoms with E-state index in [2.05, 4.69) is 6.58 Å². The van der Waals surface area contributed by atoms with Gasteiger partial charge in [0.2, 0.25) is 0 Å². The van der Waals surface area contributed by atoms with Gasteiger partial charge in [0, 0.05) is 11.8 Å². The van der Waals surface area contributed by atoms with Crippen molar-refractivity contribution in [2.45, 2.75) is 33.0 Å². The Morgan fingerprint density at radius 1 is 0.652 bits per heavy atom. The summed E-state index contributed by atoms with van der Waals surface area (Å²) in [6.07, 6.45) is 23.8. The molecule has 0 aliphatic carbocycles. The average molecular weight is 314 g/mol. The Labute approximate surface area is 141 Å². The molecule has 2 heteroatoms. The van der Waals surface area contributed by atoms with Crippen LogP contribution in [-0.4, -0.2) is 22.4 Å². The second-order valence-corrected chi connectivity index (χ2v) is 5.49. The lowest BCUT2D eigenvalue weighted by atomic mass is 9.90. The molecule has 0 heterocycles. The van der Waals surface area contributed by atoms with Crippen molar-refractivity contribution >= 4 is 0 Å². The van der Waals surface area contributed by atoms with Gasteiger partial charge in [-0.25, -0.2) is 0 Å². The lowest BCUT2D eigenvalue weighted by molar-refractivity contribution is 0.0124. The van der Waals surface area contributed by atoms with E-state index in [0.717, 1.165) is 0 Å². The van der Waals surface area contributed by atoms with E-state index < -0.39 is 12.2 Å². The Morgan fingerprint density at radius 3 is 1.43 bits per heavy atom. The summed E-state index contributed by atoms with van der Waals surface area (Å²) in [6, 6.07) is 0. The Bertz CT molecular complexity index is 476. The highest BCUT2D eigenvalue weighted by Crippen LogP contribution is 2.17. The van der Waals surface area contributed by atoms with Crippen molar-refractivity contribution in [2.24, 2.45) is 11.8 Å². The van der Waals surface area contributed by atoms with Crippen LogP contribution in [-0.2, 0) is 0 Å². The molecule has 0 aliphatic rings. The molecule has 0 saturated carbocycles. The van der Waals surface area contributed by atoms with Crippen molar-refractivity contribution in [3.63, 3.8) is 0 Å². The fourth-order valence-electron chi connectivity index (χ4n) is 1.77. The average Bonchev–Trinajstić information content (AvgIpc) is 2.54. The van der Waals surface area contributed by atoms with E-state index in [4.69, 9.17) is 0 Å². The second-order valence-electron chi connectivity index (χ2n) is 5.49. The van der Waals surface area contributed by atoms with Gasteiger partial charge in [-0.2, -0.15) is 0 Å². The zero-order valence-corrected chi connectivity index (χ0v) is 14.4. The number of aliphatic hydroxyl groups is 2. The lowest BCUT2D eigenvalue weighted by Crippen LogP contribution is -2.31. The van der Waals surface area contributed by atoms with Gasteiger partial charge in [-0.1, -0.05) is 99.4 Å². The Balaban J connectivity index is 4.15. The van der Waals surface area contributed by atoms with Gasteiger partial charge in [0.05, 0.1) is 12.2 Å². The van der Waals surface area contributed by atoms with Crippen LogP contribution in [0.2, 0.25) is 0 Å². The summed E-state index contributed by atoms with van der Waals surface area (Å²) >= 11 is 0. The molecule has 2 nitrogen and oxygen atoms in total. The van der Waals surface area contributed by atoms with Crippen LogP contribution in [0.25, 0.3) is 0 Å². The number of hydrogen-bond acceptors (Lipinski definition) is 2. The highest BCUT2D eigenvalue weighted by atomic mass is 16.3. The van der Waals surface area contributed by atoms with E-state index in [9.17, 15) is 10.2 Å². The molecule has 2 N–H and O–H groups in total. The smallest absolute Gasteiger partial charge is 0.0650 e. The predicted octanol–water partition coefficient (Wildman–Crippen LogP) is 4.52. The second kappa shape index (κ2) is 13.7. The minimum atomic E-state index is -0.542. The van der Waals surface area contributed by atoms with Gasteiger partial charge in [0.25, 0.3) is 0 Å². The Hall–Kier alpha value is -1.90. The summed E-state index contributed by atoms with van der Waals surface area (Å²) in [4.78, 5) is 0. The Kier molecular flexibility index (Phi) is 12.6. The van der Waals surface area contributed by atoms with Crippen molar-refractivity contribution in [2.75, 3.05) is 0 Å². The number of hydrogen-bond donors (Lipinski definition) is 2. The number of aliphatic hydroxyl groups excluding tert-OH is 2. The molecule has 0 spiro atoms. The summed E-state index contributed by atoms with van der Waals surface area (Å²) in [5.74, 6) is -0.139. The monoisotopic (exact) mass is 314 g/mol. The first-order valence-electron chi connectivity index (χ1n) is 7.99. The van der Waals surface area contributed by atoms with Crippen molar-refractivity contribution < 1.29 is 10.2 Å². The van der Waals surface area contributed by atoms with E-state index in [1.54, 1.807) is 13.0 Å². The van der Waals surface area contributed by atoms with Crippen LogP contribution in [0, 0.1) is 11.8 Å². The zero-order valence-electron chi connectivity index (χ0n) is 14.4. The molecule has 0 bridgehead atoms. The minimum absolute atomic E-state index is 0.00174. The van der Waals surface area contributed by atoms with E-state index in [-0.39, 0.29) is 11.8 Å². The van der Waals surface area contributed by atoms with Gasteiger partial charge < -0.3 is 10.2 Å². The molecule has 0 radical (unpaired) electrons. The van der Waals surface area contributed by atoms with Crippen molar-refractivity contribution in [3.8, 4) is 0 Å².